The number of nitrogens with zero attached hydrogens (tertiary/aromatic N) is 1. The van der Waals surface area contributed by atoms with Crippen LogP contribution in [-0.4, -0.2) is 37.4 Å². The summed E-state index contributed by atoms with van der Waals surface area (Å²) >= 11 is 0. The molecule has 13 heteroatoms. The Balaban J connectivity index is 2.01. The summed E-state index contributed by atoms with van der Waals surface area (Å²) in [6, 6.07) is 7.54. The van der Waals surface area contributed by atoms with Crippen molar-refractivity contribution in [1.29, 1.82) is 0 Å². The summed E-state index contributed by atoms with van der Waals surface area (Å²) in [6.07, 6.45) is -6.62. The van der Waals surface area contributed by atoms with Crippen LogP contribution in [-0.2, 0) is 4.74 Å². The van der Waals surface area contributed by atoms with Crippen molar-refractivity contribution >= 4 is 17.6 Å². The lowest BCUT2D eigenvalue weighted by Gasteiger charge is -2.18. The number of aryl methyl sites for hydroxylation is 1. The monoisotopic (exact) mass is 526 g/mol. The maximum atomic E-state index is 13.5. The molecule has 0 spiro atoms. The van der Waals surface area contributed by atoms with E-state index in [4.69, 9.17) is 9.47 Å². The summed E-state index contributed by atoms with van der Waals surface area (Å²) in [7, 11) is 2.30. The molecule has 0 radical (unpaired) electrons. The summed E-state index contributed by atoms with van der Waals surface area (Å²) in [5, 5.41) is 2.53. The average Bonchev–Trinajstić information content (AvgIpc) is 2.83. The predicted octanol–water partition coefficient (Wildman–Crippen LogP) is 6.07. The maximum absolute atomic E-state index is 13.5. The molecule has 1 N–H and O–H groups in total. The highest BCUT2D eigenvalue weighted by molar-refractivity contribution is 6.07. The molecule has 0 saturated carbocycles. The smallest absolute Gasteiger partial charge is 0.493 e. The molecule has 0 saturated heterocycles. The van der Waals surface area contributed by atoms with E-state index in [9.17, 15) is 31.5 Å². The lowest BCUT2D eigenvalue weighted by Crippen LogP contribution is -2.17. The highest BCUT2D eigenvalue weighted by atomic mass is 19.4. The lowest BCUT2D eigenvalue weighted by molar-refractivity contribution is -0.274. The van der Waals surface area contributed by atoms with Crippen LogP contribution >= 0.6 is 0 Å². The second kappa shape index (κ2) is 11.1. The predicted molar refractivity (Wildman–Crippen MR) is 119 cm³/mol. The summed E-state index contributed by atoms with van der Waals surface area (Å²) in [6.45, 7) is 1.40. The van der Waals surface area contributed by atoms with Crippen molar-refractivity contribution in [2.24, 2.45) is 0 Å². The van der Waals surface area contributed by atoms with Crippen LogP contribution in [0, 0.1) is 6.92 Å². The molecule has 37 heavy (non-hydrogen) atoms. The van der Waals surface area contributed by atoms with Gasteiger partial charge in [-0.15, -0.1) is 13.2 Å². The molecule has 2 aromatic carbocycles. The first-order valence-corrected chi connectivity index (χ1v) is 10.3. The number of hydrogen-bond acceptors (Lipinski definition) is 7. The number of methoxy groups -OCH3 is 2. The SMILES string of the molecule is COC(=O)c1cc(NC(=O)c2c(C)cc(C(F)F)cc2Oc2ccc(OC(F)(F)F)cc2OC)ccn1. The third-order valence-electron chi connectivity index (χ3n) is 4.80. The van der Waals surface area contributed by atoms with Crippen LogP contribution in [0.25, 0.3) is 0 Å². The highest BCUT2D eigenvalue weighted by Crippen LogP contribution is 2.39. The van der Waals surface area contributed by atoms with Crippen LogP contribution in [0.4, 0.5) is 27.6 Å². The van der Waals surface area contributed by atoms with Crippen LogP contribution in [0.5, 0.6) is 23.0 Å². The van der Waals surface area contributed by atoms with Gasteiger partial charge in [0.1, 0.15) is 17.2 Å². The van der Waals surface area contributed by atoms with E-state index in [0.29, 0.717) is 0 Å². The number of amides is 1. The Morgan fingerprint density at radius 1 is 0.973 bits per heavy atom. The minimum absolute atomic E-state index is 0.0903. The van der Waals surface area contributed by atoms with Gasteiger partial charge in [-0.05, 0) is 48.9 Å². The number of carbonyl (C=O) groups is 2. The molecule has 1 aromatic heterocycles. The fourth-order valence-electron chi connectivity index (χ4n) is 3.25. The Labute approximate surface area is 206 Å². The van der Waals surface area contributed by atoms with E-state index in [1.54, 1.807) is 0 Å². The van der Waals surface area contributed by atoms with Crippen molar-refractivity contribution in [2.45, 2.75) is 19.7 Å². The Kier molecular flexibility index (Phi) is 8.15. The topological polar surface area (TPSA) is 96.0 Å². The van der Waals surface area contributed by atoms with E-state index in [2.05, 4.69) is 19.8 Å². The summed E-state index contributed by atoms with van der Waals surface area (Å²) in [5.74, 6) is -2.85. The van der Waals surface area contributed by atoms with Gasteiger partial charge in [-0.3, -0.25) is 4.79 Å². The van der Waals surface area contributed by atoms with E-state index in [0.717, 1.165) is 44.6 Å². The van der Waals surface area contributed by atoms with E-state index in [-0.39, 0.29) is 39.8 Å². The van der Waals surface area contributed by atoms with Crippen molar-refractivity contribution < 1.29 is 50.5 Å². The van der Waals surface area contributed by atoms with Gasteiger partial charge in [0, 0.05) is 23.5 Å². The van der Waals surface area contributed by atoms with E-state index in [1.807, 2.05) is 0 Å². The standard InChI is InChI=1S/C24H19F5N2O6/c1-12-8-13(21(25)26)9-19(36-17-5-4-15(11-18(17)34-2)37-24(27,28)29)20(12)22(32)31-14-6-7-30-16(10-14)23(33)35-3/h4-11,21H,1-3H3,(H,30,31,32). The van der Waals surface area contributed by atoms with Crippen molar-refractivity contribution in [3.05, 3.63) is 71.0 Å². The van der Waals surface area contributed by atoms with Gasteiger partial charge in [0.15, 0.2) is 11.5 Å². The maximum Gasteiger partial charge on any atom is 0.573 e. The average molecular weight is 526 g/mol. The number of esters is 1. The zero-order chi connectivity index (χ0) is 27.3. The van der Waals surface area contributed by atoms with E-state index >= 15 is 0 Å². The number of halogens is 5. The zero-order valence-corrected chi connectivity index (χ0v) is 19.5. The fraction of sp³-hybridized carbons (Fsp3) is 0.208. The first-order chi connectivity index (χ1) is 17.4. The van der Waals surface area contributed by atoms with Crippen LogP contribution in [0.15, 0.2) is 48.7 Å². The number of pyridine rings is 1. The van der Waals surface area contributed by atoms with Crippen LogP contribution in [0.3, 0.4) is 0 Å². The van der Waals surface area contributed by atoms with Gasteiger partial charge in [-0.1, -0.05) is 0 Å². The number of anilines is 1. The van der Waals surface area contributed by atoms with Crippen LogP contribution in [0.2, 0.25) is 0 Å². The Morgan fingerprint density at radius 2 is 1.70 bits per heavy atom. The molecule has 0 aliphatic rings. The first-order valence-electron chi connectivity index (χ1n) is 10.3. The summed E-state index contributed by atoms with van der Waals surface area (Å²) in [5.41, 5.74) is -0.443. The number of carbonyl (C=O) groups excluding carboxylic acids is 2. The quantitative estimate of drug-likeness (QED) is 0.281. The molecular weight excluding hydrogens is 507 g/mol. The summed E-state index contributed by atoms with van der Waals surface area (Å²) in [4.78, 5) is 28.7. The lowest BCUT2D eigenvalue weighted by atomic mass is 10.0. The van der Waals surface area contributed by atoms with Crippen molar-refractivity contribution in [3.8, 4) is 23.0 Å². The highest BCUT2D eigenvalue weighted by Gasteiger charge is 2.31. The molecule has 0 atom stereocenters. The Bertz CT molecular complexity index is 1310. The Morgan fingerprint density at radius 3 is 2.32 bits per heavy atom. The molecular formula is C24H19F5N2O6. The molecule has 1 amide bonds. The third kappa shape index (κ3) is 6.84. The molecule has 0 unspecified atom stereocenters. The van der Waals surface area contributed by atoms with Gasteiger partial charge in [0.25, 0.3) is 12.3 Å². The molecule has 8 nitrogen and oxygen atoms in total. The molecule has 0 aliphatic heterocycles. The van der Waals surface area contributed by atoms with Gasteiger partial charge in [-0.2, -0.15) is 0 Å². The first kappa shape index (κ1) is 27.2. The van der Waals surface area contributed by atoms with Crippen molar-refractivity contribution in [3.63, 3.8) is 0 Å². The summed E-state index contributed by atoms with van der Waals surface area (Å²) < 4.78 is 83.9. The van der Waals surface area contributed by atoms with E-state index in [1.165, 1.54) is 25.3 Å². The third-order valence-corrected chi connectivity index (χ3v) is 4.80. The zero-order valence-electron chi connectivity index (χ0n) is 19.5. The molecule has 196 valence electrons. The number of alkyl halides is 5. The minimum atomic E-state index is -4.96. The second-order valence-electron chi connectivity index (χ2n) is 7.35. The molecule has 1 heterocycles. The molecule has 3 rings (SSSR count). The minimum Gasteiger partial charge on any atom is -0.493 e. The number of ether oxygens (including phenoxy) is 4. The van der Waals surface area contributed by atoms with Gasteiger partial charge >= 0.3 is 12.3 Å². The molecule has 3 aromatic rings. The Hall–Kier alpha value is -4.42. The normalized spacial score (nSPS) is 11.2. The van der Waals surface area contributed by atoms with Gasteiger partial charge < -0.3 is 24.3 Å². The van der Waals surface area contributed by atoms with Crippen molar-refractivity contribution in [1.82, 2.24) is 4.98 Å². The largest absolute Gasteiger partial charge is 0.573 e. The molecule has 0 bridgehead atoms. The van der Waals surface area contributed by atoms with Crippen LogP contribution in [0.1, 0.15) is 38.4 Å². The van der Waals surface area contributed by atoms with Crippen molar-refractivity contribution in [2.75, 3.05) is 19.5 Å². The molecule has 0 aliphatic carbocycles. The van der Waals surface area contributed by atoms with E-state index < -0.39 is 36.0 Å². The number of aromatic nitrogens is 1. The van der Waals surface area contributed by atoms with Gasteiger partial charge in [0.05, 0.1) is 19.8 Å². The number of hydrogen-bond donors (Lipinski definition) is 1. The second-order valence-corrected chi connectivity index (χ2v) is 7.35. The number of benzene rings is 2. The van der Waals surface area contributed by atoms with Gasteiger partial charge in [0.2, 0.25) is 0 Å². The fourth-order valence-corrected chi connectivity index (χ4v) is 3.25. The van der Waals surface area contributed by atoms with Crippen LogP contribution < -0.4 is 19.5 Å². The van der Waals surface area contributed by atoms with Gasteiger partial charge in [-0.25, -0.2) is 18.6 Å². The molecule has 0 fully saturated rings. The number of nitrogens with one attached hydrogen (secondary N) is 1. The number of rotatable bonds is 8.